The molecule has 6 aromatic rings. The van der Waals surface area contributed by atoms with Crippen molar-refractivity contribution in [2.45, 2.75) is 72.9 Å². The fraction of sp³-hybridized carbons (Fsp3) is 0.286. The van der Waals surface area contributed by atoms with Crippen molar-refractivity contribution >= 4 is 46.6 Å². The Morgan fingerprint density at radius 3 is 2.43 bits per heavy atom. The maximum atomic E-state index is 8.79. The number of aryl methyl sites for hydroxylation is 1. The van der Waals surface area contributed by atoms with Crippen molar-refractivity contribution in [1.29, 1.82) is 0 Å². The average molecular weight is 818 g/mol. The van der Waals surface area contributed by atoms with Gasteiger partial charge in [-0.15, -0.1) is 53.6 Å². The fourth-order valence-electron chi connectivity index (χ4n) is 6.06. The molecule has 5 heteroatoms. The van der Waals surface area contributed by atoms with Crippen LogP contribution in [0.25, 0.3) is 33.2 Å². The summed E-state index contributed by atoms with van der Waals surface area (Å²) >= 11 is 0. The zero-order valence-electron chi connectivity index (χ0n) is 33.1. The standard InChI is InChI=1S/C22H16NO.C20H28NSi.Ir/c1-2-14-15-8-3-5-12-19(15)23-21(14)18-11-7-10-17-16-9-4-6-13-20(16)24-22(17)18;1-15-8-10-16(11-9-15)18-12-17(13-20(2,3)4)19(14-21-18)22(5,6)7;/h3-10,12-14H,2H2,1H3;8-10,12,14H,13H2,1-7H3;/q2*-1;/i;1D3,13D2;. The molecule has 0 aliphatic carbocycles. The van der Waals surface area contributed by atoms with Crippen LogP contribution in [0.5, 0.6) is 0 Å². The first-order valence-corrected chi connectivity index (χ1v) is 19.4. The van der Waals surface area contributed by atoms with Gasteiger partial charge in [-0.1, -0.05) is 120 Å². The number of nitrogens with zero attached hydrogens (tertiary/aromatic N) is 2. The van der Waals surface area contributed by atoms with Crippen LogP contribution in [0.15, 0.2) is 101 Å². The Labute approximate surface area is 302 Å². The van der Waals surface area contributed by atoms with Crippen LogP contribution in [-0.4, -0.2) is 18.8 Å². The first-order chi connectivity index (χ1) is 23.9. The summed E-state index contributed by atoms with van der Waals surface area (Å²) in [5.41, 5.74) is 7.85. The van der Waals surface area contributed by atoms with E-state index in [2.05, 4.69) is 74.0 Å². The molecule has 0 saturated carbocycles. The molecular weight excluding hydrogens is 769 g/mol. The Morgan fingerprint density at radius 1 is 0.957 bits per heavy atom. The van der Waals surface area contributed by atoms with Gasteiger partial charge in [-0.2, -0.15) is 0 Å². The third-order valence-corrected chi connectivity index (χ3v) is 10.2. The van der Waals surface area contributed by atoms with E-state index in [1.54, 1.807) is 18.3 Å². The Kier molecular flexibility index (Phi) is 8.36. The maximum absolute atomic E-state index is 8.79. The SMILES string of the molecule is CCC1C(c2[c-]ccc3c2oc2ccccc23)=Nc2ccccc21.[2H]C([2H])([2H])c1c[c-]c(-c2cc(C([2H])([2H])C(C)(C)C)c([Si](C)(C)C)cn2)cc1.[Ir]. The van der Waals surface area contributed by atoms with Gasteiger partial charge >= 0.3 is 0 Å². The van der Waals surface area contributed by atoms with Gasteiger partial charge in [0.15, 0.2) is 0 Å². The molecular formula is C42H44IrN2OSi-2. The third kappa shape index (κ3) is 7.43. The summed E-state index contributed by atoms with van der Waals surface area (Å²) in [6.45, 7) is 12.3. The second-order valence-corrected chi connectivity index (χ2v) is 19.0. The number of benzene rings is 4. The van der Waals surface area contributed by atoms with E-state index in [9.17, 15) is 0 Å². The first-order valence-electron chi connectivity index (χ1n) is 18.4. The number of aliphatic imine (C=N–C) groups is 1. The minimum atomic E-state index is -2.17. The van der Waals surface area contributed by atoms with Gasteiger partial charge in [0.05, 0.1) is 19.3 Å². The Hall–Kier alpha value is -3.63. The van der Waals surface area contributed by atoms with Gasteiger partial charge in [-0.05, 0) is 52.0 Å². The van der Waals surface area contributed by atoms with Crippen molar-refractivity contribution in [2.75, 3.05) is 0 Å². The zero-order chi connectivity index (χ0) is 36.9. The number of hydrogen-bond acceptors (Lipinski definition) is 3. The number of hydrogen-bond donors (Lipinski definition) is 0. The van der Waals surface area contributed by atoms with Crippen LogP contribution in [0.1, 0.15) is 69.1 Å². The molecule has 7 rings (SSSR count). The Bertz CT molecular complexity index is 2250. The number of rotatable bonds is 5. The van der Waals surface area contributed by atoms with E-state index in [0.717, 1.165) is 50.5 Å². The molecule has 1 radical (unpaired) electrons. The van der Waals surface area contributed by atoms with Crippen molar-refractivity contribution in [1.82, 2.24) is 4.98 Å². The number of aromatic nitrogens is 1. The van der Waals surface area contributed by atoms with Gasteiger partial charge in [0.25, 0.3) is 0 Å². The molecule has 1 atom stereocenters. The smallest absolute Gasteiger partial charge is 0.120 e. The fourth-order valence-corrected chi connectivity index (χ4v) is 7.45. The molecule has 3 heterocycles. The van der Waals surface area contributed by atoms with Crippen LogP contribution in [0.3, 0.4) is 0 Å². The molecule has 4 aromatic carbocycles. The summed E-state index contributed by atoms with van der Waals surface area (Å²) < 4.78 is 46.2. The Balaban J connectivity index is 0.000000198. The van der Waals surface area contributed by atoms with Crippen molar-refractivity contribution in [3.8, 4) is 11.3 Å². The number of fused-ring (bicyclic) bond motifs is 4. The number of furan rings is 1. The van der Waals surface area contributed by atoms with Gasteiger partial charge in [0.1, 0.15) is 5.58 Å². The third-order valence-electron chi connectivity index (χ3n) is 8.20. The van der Waals surface area contributed by atoms with E-state index in [1.807, 2.05) is 57.2 Å². The number of pyridine rings is 1. The van der Waals surface area contributed by atoms with E-state index in [0.29, 0.717) is 22.7 Å². The monoisotopic (exact) mass is 818 g/mol. The molecule has 0 N–H and O–H groups in total. The minimum Gasteiger partial charge on any atom is -0.501 e. The minimum absolute atomic E-state index is 0. The van der Waals surface area contributed by atoms with Crippen molar-refractivity contribution in [2.24, 2.45) is 10.4 Å². The average Bonchev–Trinajstić information content (AvgIpc) is 3.65. The van der Waals surface area contributed by atoms with Gasteiger partial charge in [0, 0.05) is 38.5 Å². The summed E-state index contributed by atoms with van der Waals surface area (Å²) in [5.74, 6) is 0.302. The summed E-state index contributed by atoms with van der Waals surface area (Å²) in [4.78, 5) is 9.48. The topological polar surface area (TPSA) is 38.4 Å². The summed E-state index contributed by atoms with van der Waals surface area (Å²) in [6, 6.07) is 33.6. The predicted molar refractivity (Wildman–Crippen MR) is 198 cm³/mol. The summed E-state index contributed by atoms with van der Waals surface area (Å²) in [7, 11) is -1.81. The number of para-hydroxylation sites is 2. The molecule has 0 fully saturated rings. The van der Waals surface area contributed by atoms with Gasteiger partial charge in [-0.25, -0.2) is 0 Å². The van der Waals surface area contributed by atoms with E-state index in [4.69, 9.17) is 16.3 Å². The van der Waals surface area contributed by atoms with Crippen molar-refractivity contribution < 1.29 is 31.4 Å². The molecule has 243 valence electrons. The van der Waals surface area contributed by atoms with E-state index < -0.39 is 26.7 Å². The second-order valence-electron chi connectivity index (χ2n) is 13.9. The zero-order valence-corrected chi connectivity index (χ0v) is 31.5. The maximum Gasteiger partial charge on any atom is 0.120 e. The van der Waals surface area contributed by atoms with Crippen LogP contribution in [0, 0.1) is 24.4 Å². The van der Waals surface area contributed by atoms with Crippen LogP contribution >= 0.6 is 0 Å². The summed E-state index contributed by atoms with van der Waals surface area (Å²) in [6.07, 6.45) is 1.28. The van der Waals surface area contributed by atoms with Crippen LogP contribution in [0.4, 0.5) is 5.69 Å². The molecule has 2 aromatic heterocycles. The van der Waals surface area contributed by atoms with Crippen LogP contribution < -0.4 is 5.19 Å². The quantitative estimate of drug-likeness (QED) is 0.128. The molecule has 1 aliphatic heterocycles. The molecule has 0 amide bonds. The van der Waals surface area contributed by atoms with Gasteiger partial charge in [0.2, 0.25) is 0 Å². The molecule has 1 aliphatic rings. The molecule has 0 bridgehead atoms. The molecule has 0 saturated heterocycles. The Morgan fingerprint density at radius 2 is 1.72 bits per heavy atom. The van der Waals surface area contributed by atoms with Gasteiger partial charge < -0.3 is 14.4 Å². The largest absolute Gasteiger partial charge is 0.501 e. The van der Waals surface area contributed by atoms with Crippen molar-refractivity contribution in [3.05, 3.63) is 126 Å². The molecule has 1 unspecified atom stereocenters. The molecule has 3 nitrogen and oxygen atoms in total. The van der Waals surface area contributed by atoms with Gasteiger partial charge in [-0.3, -0.25) is 0 Å². The van der Waals surface area contributed by atoms with E-state index in [-0.39, 0.29) is 25.7 Å². The van der Waals surface area contributed by atoms with E-state index >= 15 is 0 Å². The van der Waals surface area contributed by atoms with Crippen LogP contribution in [-0.2, 0) is 26.5 Å². The normalized spacial score (nSPS) is 16.4. The summed E-state index contributed by atoms with van der Waals surface area (Å²) in [5, 5.41) is 3.28. The first kappa shape index (κ1) is 28.4. The molecule has 0 spiro atoms. The van der Waals surface area contributed by atoms with Crippen LogP contribution in [0.2, 0.25) is 19.6 Å². The molecule has 47 heavy (non-hydrogen) atoms. The predicted octanol–water partition coefficient (Wildman–Crippen LogP) is 11.0. The second kappa shape index (κ2) is 13.8. The van der Waals surface area contributed by atoms with Crippen molar-refractivity contribution in [3.63, 3.8) is 0 Å². The van der Waals surface area contributed by atoms with E-state index in [1.165, 1.54) is 11.6 Å².